The molecular formula is C21H19ClN4O2S. The number of amides is 2. The molecule has 0 atom stereocenters. The number of nitrogens with one attached hydrogen (secondary N) is 1. The molecule has 0 saturated carbocycles. The van der Waals surface area contributed by atoms with Crippen LogP contribution in [0.25, 0.3) is 0 Å². The Balaban J connectivity index is 1.44. The maximum atomic E-state index is 13.1. The van der Waals surface area contributed by atoms with Crippen LogP contribution in [0.1, 0.15) is 20.7 Å². The number of halogens is 1. The van der Waals surface area contributed by atoms with E-state index >= 15 is 0 Å². The van der Waals surface area contributed by atoms with Crippen molar-refractivity contribution in [2.24, 2.45) is 0 Å². The van der Waals surface area contributed by atoms with Crippen LogP contribution in [-0.4, -0.2) is 47.9 Å². The maximum absolute atomic E-state index is 13.1. The Hall–Kier alpha value is -2.90. The zero-order valence-corrected chi connectivity index (χ0v) is 17.1. The highest BCUT2D eigenvalue weighted by atomic mass is 35.5. The standard InChI is InChI=1S/C21H19ClN4O2S/c22-16-5-6-19(23-13-16)25-8-10-26(11-9-25)21(28)17-3-1-2-4-18(17)24-20(27)15-7-12-29-14-15/h1-7,12-14H,8-11H2,(H,24,27). The molecule has 1 N–H and O–H groups in total. The van der Waals surface area contributed by atoms with Crippen molar-refractivity contribution >= 4 is 46.3 Å². The van der Waals surface area contributed by atoms with Gasteiger partial charge in [0.05, 0.1) is 21.8 Å². The van der Waals surface area contributed by atoms with Gasteiger partial charge in [0.25, 0.3) is 11.8 Å². The Morgan fingerprint density at radius 1 is 1.03 bits per heavy atom. The van der Waals surface area contributed by atoms with Crippen LogP contribution in [0.5, 0.6) is 0 Å². The molecule has 2 amide bonds. The monoisotopic (exact) mass is 426 g/mol. The fourth-order valence-electron chi connectivity index (χ4n) is 3.23. The number of pyridine rings is 1. The smallest absolute Gasteiger partial charge is 0.256 e. The van der Waals surface area contributed by atoms with Gasteiger partial charge in [0.1, 0.15) is 5.82 Å². The highest BCUT2D eigenvalue weighted by molar-refractivity contribution is 7.08. The molecular weight excluding hydrogens is 408 g/mol. The van der Waals surface area contributed by atoms with Gasteiger partial charge in [-0.3, -0.25) is 9.59 Å². The minimum Gasteiger partial charge on any atom is -0.353 e. The lowest BCUT2D eigenvalue weighted by molar-refractivity contribution is 0.0747. The minimum absolute atomic E-state index is 0.0880. The van der Waals surface area contributed by atoms with Crippen molar-refractivity contribution in [3.8, 4) is 0 Å². The second-order valence-electron chi connectivity index (χ2n) is 6.63. The van der Waals surface area contributed by atoms with Gasteiger partial charge in [-0.2, -0.15) is 11.3 Å². The predicted molar refractivity (Wildman–Crippen MR) is 116 cm³/mol. The van der Waals surface area contributed by atoms with Crippen LogP contribution in [0.3, 0.4) is 0 Å². The van der Waals surface area contributed by atoms with Gasteiger partial charge in [-0.25, -0.2) is 4.98 Å². The second kappa shape index (κ2) is 8.63. The molecule has 0 bridgehead atoms. The van der Waals surface area contributed by atoms with Crippen molar-refractivity contribution in [1.29, 1.82) is 0 Å². The van der Waals surface area contributed by atoms with Crippen LogP contribution in [0.4, 0.5) is 11.5 Å². The van der Waals surface area contributed by atoms with Gasteiger partial charge in [-0.1, -0.05) is 23.7 Å². The van der Waals surface area contributed by atoms with Crippen molar-refractivity contribution < 1.29 is 9.59 Å². The number of carbonyl (C=O) groups excluding carboxylic acids is 2. The molecule has 1 fully saturated rings. The van der Waals surface area contributed by atoms with E-state index in [2.05, 4.69) is 15.2 Å². The van der Waals surface area contributed by atoms with Crippen molar-refractivity contribution in [3.05, 3.63) is 75.6 Å². The normalized spacial score (nSPS) is 14.0. The fourth-order valence-corrected chi connectivity index (χ4v) is 3.98. The molecule has 0 unspecified atom stereocenters. The molecule has 29 heavy (non-hydrogen) atoms. The highest BCUT2D eigenvalue weighted by Crippen LogP contribution is 2.21. The van der Waals surface area contributed by atoms with Gasteiger partial charge < -0.3 is 15.1 Å². The lowest BCUT2D eigenvalue weighted by atomic mass is 10.1. The van der Waals surface area contributed by atoms with Gasteiger partial charge in [-0.15, -0.1) is 0 Å². The Kier molecular flexibility index (Phi) is 5.78. The summed E-state index contributed by atoms with van der Waals surface area (Å²) in [5.41, 5.74) is 1.60. The van der Waals surface area contributed by atoms with Crippen molar-refractivity contribution in [2.75, 3.05) is 36.4 Å². The zero-order valence-electron chi connectivity index (χ0n) is 15.5. The summed E-state index contributed by atoms with van der Waals surface area (Å²) in [6, 6.07) is 12.6. The summed E-state index contributed by atoms with van der Waals surface area (Å²) >= 11 is 7.36. The average molecular weight is 427 g/mol. The molecule has 1 aromatic carbocycles. The number of carbonyl (C=O) groups is 2. The minimum atomic E-state index is -0.217. The molecule has 0 aliphatic carbocycles. The second-order valence-corrected chi connectivity index (χ2v) is 7.84. The third-order valence-electron chi connectivity index (χ3n) is 4.79. The number of nitrogens with zero attached hydrogens (tertiary/aromatic N) is 3. The molecule has 148 valence electrons. The highest BCUT2D eigenvalue weighted by Gasteiger charge is 2.25. The van der Waals surface area contributed by atoms with Crippen molar-refractivity contribution in [2.45, 2.75) is 0 Å². The molecule has 8 heteroatoms. The summed E-state index contributed by atoms with van der Waals surface area (Å²) in [6.45, 7) is 2.53. The number of benzene rings is 1. The van der Waals surface area contributed by atoms with Crippen molar-refractivity contribution in [1.82, 2.24) is 9.88 Å². The summed E-state index contributed by atoms with van der Waals surface area (Å²) in [5.74, 6) is 0.546. The van der Waals surface area contributed by atoms with Crippen LogP contribution >= 0.6 is 22.9 Å². The van der Waals surface area contributed by atoms with E-state index in [1.807, 2.05) is 28.5 Å². The molecule has 4 rings (SSSR count). The van der Waals surface area contributed by atoms with E-state index in [1.54, 1.807) is 35.8 Å². The number of para-hydroxylation sites is 1. The Bertz CT molecular complexity index is 1000. The van der Waals surface area contributed by atoms with Gasteiger partial charge in [0, 0.05) is 37.8 Å². The van der Waals surface area contributed by atoms with E-state index in [4.69, 9.17) is 11.6 Å². The van der Waals surface area contributed by atoms with E-state index < -0.39 is 0 Å². The number of aromatic nitrogens is 1. The van der Waals surface area contributed by atoms with Gasteiger partial charge in [0.15, 0.2) is 0 Å². The number of piperazine rings is 1. The number of hydrogen-bond acceptors (Lipinski definition) is 5. The van der Waals surface area contributed by atoms with Crippen LogP contribution in [0, 0.1) is 0 Å². The fraction of sp³-hybridized carbons (Fsp3) is 0.190. The van der Waals surface area contributed by atoms with E-state index in [0.717, 1.165) is 5.82 Å². The molecule has 1 saturated heterocycles. The lowest BCUT2D eigenvalue weighted by Gasteiger charge is -2.35. The van der Waals surface area contributed by atoms with E-state index in [-0.39, 0.29) is 11.8 Å². The Morgan fingerprint density at radius 3 is 2.52 bits per heavy atom. The van der Waals surface area contributed by atoms with Crippen LogP contribution < -0.4 is 10.2 Å². The quantitative estimate of drug-likeness (QED) is 0.684. The topological polar surface area (TPSA) is 65.5 Å². The summed E-state index contributed by atoms with van der Waals surface area (Å²) in [5, 5.41) is 7.09. The largest absolute Gasteiger partial charge is 0.353 e. The first kappa shape index (κ1) is 19.4. The third-order valence-corrected chi connectivity index (χ3v) is 5.70. The summed E-state index contributed by atoms with van der Waals surface area (Å²) in [4.78, 5) is 33.8. The van der Waals surface area contributed by atoms with Crippen LogP contribution in [-0.2, 0) is 0 Å². The number of rotatable bonds is 4. The molecule has 1 aliphatic rings. The summed E-state index contributed by atoms with van der Waals surface area (Å²) in [6.07, 6.45) is 1.63. The van der Waals surface area contributed by atoms with E-state index in [9.17, 15) is 9.59 Å². The Labute approximate surface area is 177 Å². The molecule has 0 radical (unpaired) electrons. The Morgan fingerprint density at radius 2 is 1.83 bits per heavy atom. The molecule has 3 aromatic rings. The SMILES string of the molecule is O=C(Nc1ccccc1C(=O)N1CCN(c2ccc(Cl)cn2)CC1)c1ccsc1. The number of hydrogen-bond donors (Lipinski definition) is 1. The lowest BCUT2D eigenvalue weighted by Crippen LogP contribution is -2.49. The molecule has 1 aliphatic heterocycles. The van der Waals surface area contributed by atoms with Crippen LogP contribution in [0.2, 0.25) is 5.02 Å². The summed E-state index contributed by atoms with van der Waals surface area (Å²) < 4.78 is 0. The van der Waals surface area contributed by atoms with E-state index in [0.29, 0.717) is 48.0 Å². The zero-order chi connectivity index (χ0) is 20.2. The first-order valence-corrected chi connectivity index (χ1v) is 10.5. The maximum Gasteiger partial charge on any atom is 0.256 e. The predicted octanol–water partition coefficient (Wildman–Crippen LogP) is 4.01. The average Bonchev–Trinajstić information content (AvgIpc) is 3.30. The molecule has 6 nitrogen and oxygen atoms in total. The number of thiophene rings is 1. The van der Waals surface area contributed by atoms with Gasteiger partial charge in [-0.05, 0) is 35.7 Å². The van der Waals surface area contributed by atoms with Gasteiger partial charge in [0.2, 0.25) is 0 Å². The molecule has 2 aromatic heterocycles. The van der Waals surface area contributed by atoms with Crippen LogP contribution in [0.15, 0.2) is 59.4 Å². The molecule has 3 heterocycles. The third kappa shape index (κ3) is 4.41. The molecule has 0 spiro atoms. The van der Waals surface area contributed by atoms with Crippen molar-refractivity contribution in [3.63, 3.8) is 0 Å². The summed E-state index contributed by atoms with van der Waals surface area (Å²) in [7, 11) is 0. The number of anilines is 2. The van der Waals surface area contributed by atoms with Gasteiger partial charge >= 0.3 is 0 Å². The first-order valence-electron chi connectivity index (χ1n) is 9.20. The van der Waals surface area contributed by atoms with E-state index in [1.165, 1.54) is 11.3 Å². The first-order chi connectivity index (χ1) is 14.1.